The van der Waals surface area contributed by atoms with Gasteiger partial charge in [-0.3, -0.25) is 0 Å². The van der Waals surface area contributed by atoms with E-state index in [4.69, 9.17) is 0 Å². The van der Waals surface area contributed by atoms with Crippen molar-refractivity contribution in [3.05, 3.63) is 83.8 Å². The number of halogens is 3. The first-order valence-corrected chi connectivity index (χ1v) is 11.3. The van der Waals surface area contributed by atoms with Crippen molar-refractivity contribution in [2.75, 3.05) is 12.8 Å². The minimum Gasteiger partial charge on any atom is -0.369 e. The Hall–Kier alpha value is -3.20. The van der Waals surface area contributed by atoms with Crippen LogP contribution in [0.4, 0.5) is 13.2 Å². The van der Waals surface area contributed by atoms with Gasteiger partial charge in [0.25, 0.3) is 0 Å². The molecule has 9 heteroatoms. The molecule has 4 rings (SSSR count). The molecule has 0 unspecified atom stereocenters. The van der Waals surface area contributed by atoms with Crippen molar-refractivity contribution in [2.45, 2.75) is 17.9 Å². The van der Waals surface area contributed by atoms with Crippen molar-refractivity contribution in [1.29, 1.82) is 0 Å². The van der Waals surface area contributed by atoms with E-state index in [1.54, 1.807) is 18.4 Å². The van der Waals surface area contributed by atoms with E-state index in [0.29, 0.717) is 18.7 Å². The van der Waals surface area contributed by atoms with Gasteiger partial charge in [0.1, 0.15) is 5.69 Å². The summed E-state index contributed by atoms with van der Waals surface area (Å²) in [5.41, 5.74) is 0.0591. The second kappa shape index (κ2) is 7.81. The predicted octanol–water partition coefficient (Wildman–Crippen LogP) is 4.47. The van der Waals surface area contributed by atoms with Crippen LogP contribution in [0.25, 0.3) is 16.3 Å². The fraction of sp³-hybridized carbons (Fsp3) is 0.182. The third kappa shape index (κ3) is 4.61. The summed E-state index contributed by atoms with van der Waals surface area (Å²) in [6.07, 6.45) is 1.11. The lowest BCUT2D eigenvalue weighted by atomic mass is 10.0. The fourth-order valence-corrected chi connectivity index (χ4v) is 3.93. The quantitative estimate of drug-likeness (QED) is 0.555. The Morgan fingerprint density at radius 1 is 1.06 bits per heavy atom. The summed E-state index contributed by atoms with van der Waals surface area (Å²) in [6.45, 7) is 1.09. The molecule has 2 aromatic carbocycles. The molecule has 1 aliphatic heterocycles. The molecular weight excluding hydrogens is 427 g/mol. The van der Waals surface area contributed by atoms with E-state index in [0.717, 1.165) is 28.7 Å². The van der Waals surface area contributed by atoms with Gasteiger partial charge in [-0.1, -0.05) is 54.6 Å². The predicted molar refractivity (Wildman–Crippen MR) is 112 cm³/mol. The van der Waals surface area contributed by atoms with Gasteiger partial charge in [-0.05, 0) is 22.4 Å². The molecule has 0 radical (unpaired) electrons. The van der Waals surface area contributed by atoms with Crippen LogP contribution < -0.4 is 0 Å². The molecule has 0 atom stereocenters. The van der Waals surface area contributed by atoms with Gasteiger partial charge in [-0.25, -0.2) is 18.4 Å². The van der Waals surface area contributed by atoms with Gasteiger partial charge in [-0.2, -0.15) is 13.2 Å². The highest BCUT2D eigenvalue weighted by Crippen LogP contribution is 2.31. The van der Waals surface area contributed by atoms with Gasteiger partial charge in [0.15, 0.2) is 0 Å². The summed E-state index contributed by atoms with van der Waals surface area (Å²) < 4.78 is 63.5. The molecule has 31 heavy (non-hydrogen) atoms. The first-order chi connectivity index (χ1) is 14.6. The highest BCUT2D eigenvalue weighted by Gasteiger charge is 2.35. The topological polar surface area (TPSA) is 63.2 Å². The van der Waals surface area contributed by atoms with Gasteiger partial charge >= 0.3 is 6.18 Å². The minimum atomic E-state index is -4.79. The Labute approximate surface area is 177 Å². The van der Waals surface area contributed by atoms with E-state index in [9.17, 15) is 21.6 Å². The van der Waals surface area contributed by atoms with Crippen molar-refractivity contribution < 1.29 is 21.6 Å². The summed E-state index contributed by atoms with van der Waals surface area (Å²) in [7, 11) is -4.02. The Kier molecular flexibility index (Phi) is 5.30. The van der Waals surface area contributed by atoms with E-state index in [2.05, 4.69) is 9.97 Å². The number of hydrogen-bond acceptors (Lipinski definition) is 5. The molecule has 2 heterocycles. The minimum absolute atomic E-state index is 0.0957. The molecular formula is C22H18F3N3O2S. The number of sulfone groups is 1. The maximum Gasteiger partial charge on any atom is 0.433 e. The third-order valence-corrected chi connectivity index (χ3v) is 5.68. The van der Waals surface area contributed by atoms with Crippen LogP contribution in [0.2, 0.25) is 0 Å². The molecule has 0 saturated heterocycles. The molecule has 3 aromatic rings. The zero-order valence-electron chi connectivity index (χ0n) is 16.5. The molecule has 0 bridgehead atoms. The van der Waals surface area contributed by atoms with Gasteiger partial charge < -0.3 is 4.90 Å². The van der Waals surface area contributed by atoms with Crippen molar-refractivity contribution in [3.63, 3.8) is 0 Å². The molecule has 0 fully saturated rings. The maximum atomic E-state index is 13.3. The molecule has 1 aliphatic rings. The first-order valence-electron chi connectivity index (χ1n) is 9.37. The van der Waals surface area contributed by atoms with Crippen LogP contribution in [-0.4, -0.2) is 36.1 Å². The number of aromatic nitrogens is 2. The van der Waals surface area contributed by atoms with Crippen LogP contribution in [0.5, 0.6) is 0 Å². The lowest BCUT2D eigenvalue weighted by molar-refractivity contribution is -0.141. The van der Waals surface area contributed by atoms with E-state index < -0.39 is 26.9 Å². The molecule has 1 aromatic heterocycles. The summed E-state index contributed by atoms with van der Waals surface area (Å²) in [5.74, 6) is 0. The van der Waals surface area contributed by atoms with Gasteiger partial charge in [0, 0.05) is 31.1 Å². The van der Waals surface area contributed by atoms with E-state index in [1.807, 2.05) is 47.4 Å². The second-order valence-corrected chi connectivity index (χ2v) is 9.15. The standard InChI is InChI=1S/C22H18F3N3O2S/c1-31(29,30)21-26-19(12-20(27-21)22(23,24)25)17-9-5-11-28(14-17)13-16-8-4-7-15-6-2-3-10-18(15)16/h2-10,12,14H,11,13H2,1H3. The normalized spacial score (nSPS) is 14.7. The fourth-order valence-electron chi connectivity index (χ4n) is 3.40. The number of nitrogens with zero attached hydrogens (tertiary/aromatic N) is 3. The molecule has 0 spiro atoms. The van der Waals surface area contributed by atoms with Crippen molar-refractivity contribution >= 4 is 26.2 Å². The molecule has 0 amide bonds. The SMILES string of the molecule is CS(=O)(=O)c1nc(C2=CN(Cc3cccc4ccccc34)CC=C2)cc(C(F)(F)F)n1. The highest BCUT2D eigenvalue weighted by molar-refractivity contribution is 7.90. The Morgan fingerprint density at radius 2 is 1.81 bits per heavy atom. The van der Waals surface area contributed by atoms with E-state index >= 15 is 0 Å². The summed E-state index contributed by atoms with van der Waals surface area (Å²) in [4.78, 5) is 9.03. The Bertz CT molecular complexity index is 1310. The first kappa shape index (κ1) is 21.0. The van der Waals surface area contributed by atoms with Crippen molar-refractivity contribution in [2.24, 2.45) is 0 Å². The average molecular weight is 445 g/mol. The van der Waals surface area contributed by atoms with Crippen LogP contribution in [0.3, 0.4) is 0 Å². The lowest BCUT2D eigenvalue weighted by Gasteiger charge is -2.24. The van der Waals surface area contributed by atoms with Crippen LogP contribution in [0, 0.1) is 0 Å². The number of allylic oxidation sites excluding steroid dienone is 2. The molecule has 0 N–H and O–H groups in total. The summed E-state index contributed by atoms with van der Waals surface area (Å²) in [6, 6.07) is 14.7. The van der Waals surface area contributed by atoms with Gasteiger partial charge in [-0.15, -0.1) is 0 Å². The molecule has 0 aliphatic carbocycles. The zero-order chi connectivity index (χ0) is 22.2. The maximum absolute atomic E-state index is 13.3. The summed E-state index contributed by atoms with van der Waals surface area (Å²) >= 11 is 0. The number of fused-ring (bicyclic) bond motifs is 1. The molecule has 160 valence electrons. The van der Waals surface area contributed by atoms with Gasteiger partial charge in [0.2, 0.25) is 15.0 Å². The number of alkyl halides is 3. The highest BCUT2D eigenvalue weighted by atomic mass is 32.2. The smallest absolute Gasteiger partial charge is 0.369 e. The van der Waals surface area contributed by atoms with Crippen molar-refractivity contribution in [3.8, 4) is 0 Å². The van der Waals surface area contributed by atoms with Crippen LogP contribution in [0.1, 0.15) is 17.0 Å². The van der Waals surface area contributed by atoms with Crippen molar-refractivity contribution in [1.82, 2.24) is 14.9 Å². The molecule has 0 saturated carbocycles. The third-order valence-electron chi connectivity index (χ3n) is 4.84. The number of rotatable bonds is 4. The Balaban J connectivity index is 1.72. The Morgan fingerprint density at radius 3 is 2.55 bits per heavy atom. The van der Waals surface area contributed by atoms with Crippen LogP contribution >= 0.6 is 0 Å². The zero-order valence-corrected chi connectivity index (χ0v) is 17.3. The van der Waals surface area contributed by atoms with Gasteiger partial charge in [0.05, 0.1) is 5.69 Å². The van der Waals surface area contributed by atoms with E-state index in [1.165, 1.54) is 0 Å². The van der Waals surface area contributed by atoms with E-state index in [-0.39, 0.29) is 5.69 Å². The number of benzene rings is 2. The second-order valence-electron chi connectivity index (χ2n) is 7.25. The monoisotopic (exact) mass is 445 g/mol. The lowest BCUT2D eigenvalue weighted by Crippen LogP contribution is -2.20. The average Bonchev–Trinajstić information content (AvgIpc) is 2.73. The van der Waals surface area contributed by atoms with Crippen LogP contribution in [0.15, 0.2) is 72.0 Å². The number of hydrogen-bond donors (Lipinski definition) is 0. The van der Waals surface area contributed by atoms with Crippen LogP contribution in [-0.2, 0) is 22.6 Å². The largest absolute Gasteiger partial charge is 0.433 e. The molecule has 5 nitrogen and oxygen atoms in total. The summed E-state index contributed by atoms with van der Waals surface area (Å²) in [5, 5.41) is 1.34.